The monoisotopic (exact) mass is 239 g/mol. The van der Waals surface area contributed by atoms with Gasteiger partial charge < -0.3 is 9.64 Å². The second kappa shape index (κ2) is 4.85. The molecule has 86 valence electrons. The van der Waals surface area contributed by atoms with E-state index >= 15 is 0 Å². The van der Waals surface area contributed by atoms with Crippen LogP contribution in [0.25, 0.3) is 0 Å². The third-order valence-electron chi connectivity index (χ3n) is 2.72. The smallest absolute Gasteiger partial charge is 0.151 e. The van der Waals surface area contributed by atoms with Gasteiger partial charge in [0.2, 0.25) is 0 Å². The quantitative estimate of drug-likeness (QED) is 0.743. The molecule has 0 spiro atoms. The van der Waals surface area contributed by atoms with Gasteiger partial charge in [-0.1, -0.05) is 11.6 Å². The standard InChI is InChI=1S/C12H14ClNO2/c1-9-7-14(4-5-16-9)11-3-2-10(8-15)12(13)6-11/h2-3,6,8-9H,4-5,7H2,1H3. The summed E-state index contributed by atoms with van der Waals surface area (Å²) >= 11 is 6.00. The van der Waals surface area contributed by atoms with Gasteiger partial charge in [0.1, 0.15) is 0 Å². The highest BCUT2D eigenvalue weighted by Crippen LogP contribution is 2.24. The maximum Gasteiger partial charge on any atom is 0.151 e. The van der Waals surface area contributed by atoms with Crippen LogP contribution in [-0.4, -0.2) is 32.1 Å². The number of aldehydes is 1. The Balaban J connectivity index is 2.20. The van der Waals surface area contributed by atoms with E-state index < -0.39 is 0 Å². The lowest BCUT2D eigenvalue weighted by molar-refractivity contribution is 0.0532. The molecule has 1 unspecified atom stereocenters. The van der Waals surface area contributed by atoms with Crippen molar-refractivity contribution in [1.29, 1.82) is 0 Å². The van der Waals surface area contributed by atoms with E-state index in [0.717, 1.165) is 31.7 Å². The van der Waals surface area contributed by atoms with Crippen molar-refractivity contribution >= 4 is 23.6 Å². The SMILES string of the molecule is CC1CN(c2ccc(C=O)c(Cl)c2)CCO1. The zero-order valence-electron chi connectivity index (χ0n) is 9.15. The van der Waals surface area contributed by atoms with Crippen molar-refractivity contribution in [3.63, 3.8) is 0 Å². The molecule has 1 heterocycles. The fourth-order valence-electron chi connectivity index (χ4n) is 1.86. The van der Waals surface area contributed by atoms with E-state index in [4.69, 9.17) is 16.3 Å². The molecule has 0 radical (unpaired) electrons. The predicted octanol–water partition coefficient (Wildman–Crippen LogP) is 2.38. The number of carbonyl (C=O) groups is 1. The summed E-state index contributed by atoms with van der Waals surface area (Å²) in [4.78, 5) is 12.9. The van der Waals surface area contributed by atoms with Crippen LogP contribution in [-0.2, 0) is 4.74 Å². The summed E-state index contributed by atoms with van der Waals surface area (Å²) in [7, 11) is 0. The van der Waals surface area contributed by atoms with Gasteiger partial charge in [-0.2, -0.15) is 0 Å². The highest BCUT2D eigenvalue weighted by atomic mass is 35.5. The van der Waals surface area contributed by atoms with Crippen molar-refractivity contribution < 1.29 is 9.53 Å². The number of morpholine rings is 1. The Hall–Kier alpha value is -1.06. The molecule has 2 rings (SSSR count). The second-order valence-corrected chi connectivity index (χ2v) is 4.36. The number of carbonyl (C=O) groups excluding carboxylic acids is 1. The summed E-state index contributed by atoms with van der Waals surface area (Å²) in [5, 5.41) is 0.506. The first kappa shape index (κ1) is 11.4. The fraction of sp³-hybridized carbons (Fsp3) is 0.417. The number of hydrogen-bond acceptors (Lipinski definition) is 3. The summed E-state index contributed by atoms with van der Waals surface area (Å²) in [5.41, 5.74) is 1.58. The van der Waals surface area contributed by atoms with Gasteiger partial charge in [-0.3, -0.25) is 4.79 Å². The Morgan fingerprint density at radius 3 is 3.00 bits per heavy atom. The number of ether oxygens (including phenoxy) is 1. The zero-order chi connectivity index (χ0) is 11.5. The van der Waals surface area contributed by atoms with E-state index in [0.29, 0.717) is 10.6 Å². The molecule has 4 heteroatoms. The largest absolute Gasteiger partial charge is 0.375 e. The molecule has 0 bridgehead atoms. The maximum atomic E-state index is 10.6. The van der Waals surface area contributed by atoms with Crippen molar-refractivity contribution in [1.82, 2.24) is 0 Å². The number of rotatable bonds is 2. The van der Waals surface area contributed by atoms with Crippen LogP contribution < -0.4 is 4.90 Å². The maximum absolute atomic E-state index is 10.6. The molecule has 0 amide bonds. The highest BCUT2D eigenvalue weighted by molar-refractivity contribution is 6.33. The predicted molar refractivity (Wildman–Crippen MR) is 64.5 cm³/mol. The molecule has 16 heavy (non-hydrogen) atoms. The molecule has 3 nitrogen and oxygen atoms in total. The van der Waals surface area contributed by atoms with Crippen molar-refractivity contribution in [3.05, 3.63) is 28.8 Å². The van der Waals surface area contributed by atoms with Crippen molar-refractivity contribution in [2.45, 2.75) is 13.0 Å². The van der Waals surface area contributed by atoms with E-state index in [-0.39, 0.29) is 6.10 Å². The minimum absolute atomic E-state index is 0.235. The van der Waals surface area contributed by atoms with E-state index in [9.17, 15) is 4.79 Å². The normalized spacial score (nSPS) is 20.9. The Bertz CT molecular complexity index is 395. The molecule has 0 N–H and O–H groups in total. The van der Waals surface area contributed by atoms with Crippen LogP contribution in [0.5, 0.6) is 0 Å². The number of benzene rings is 1. The minimum atomic E-state index is 0.235. The van der Waals surface area contributed by atoms with E-state index in [1.807, 2.05) is 19.1 Å². The fourth-order valence-corrected chi connectivity index (χ4v) is 2.08. The Kier molecular flexibility index (Phi) is 3.46. The zero-order valence-corrected chi connectivity index (χ0v) is 9.91. The Labute approximate surface area is 100.0 Å². The van der Waals surface area contributed by atoms with Crippen LogP contribution in [0, 0.1) is 0 Å². The number of nitrogens with zero attached hydrogens (tertiary/aromatic N) is 1. The molecular weight excluding hydrogens is 226 g/mol. The summed E-state index contributed by atoms with van der Waals surface area (Å²) in [6.07, 6.45) is 1.01. The molecule has 0 saturated carbocycles. The van der Waals surface area contributed by atoms with Crippen molar-refractivity contribution in [2.75, 3.05) is 24.6 Å². The topological polar surface area (TPSA) is 29.5 Å². The molecule has 1 saturated heterocycles. The summed E-state index contributed by atoms with van der Waals surface area (Å²) < 4.78 is 5.47. The Morgan fingerprint density at radius 1 is 1.56 bits per heavy atom. The van der Waals surface area contributed by atoms with E-state index in [1.165, 1.54) is 0 Å². The molecule has 1 aromatic carbocycles. The summed E-state index contributed by atoms with van der Waals surface area (Å²) in [6.45, 7) is 4.50. The molecule has 1 aliphatic heterocycles. The van der Waals surface area contributed by atoms with Gasteiger partial charge in [0.25, 0.3) is 0 Å². The number of anilines is 1. The number of halogens is 1. The van der Waals surface area contributed by atoms with Crippen LogP contribution in [0.15, 0.2) is 18.2 Å². The second-order valence-electron chi connectivity index (χ2n) is 3.95. The van der Waals surface area contributed by atoms with Gasteiger partial charge in [0, 0.05) is 24.3 Å². The van der Waals surface area contributed by atoms with Gasteiger partial charge in [0.15, 0.2) is 6.29 Å². The van der Waals surface area contributed by atoms with E-state index in [2.05, 4.69) is 4.90 Å². The summed E-state index contributed by atoms with van der Waals surface area (Å²) in [6, 6.07) is 5.52. The first-order valence-corrected chi connectivity index (χ1v) is 5.70. The van der Waals surface area contributed by atoms with Crippen molar-refractivity contribution in [3.8, 4) is 0 Å². The molecular formula is C12H14ClNO2. The minimum Gasteiger partial charge on any atom is -0.375 e. The Morgan fingerprint density at radius 2 is 2.38 bits per heavy atom. The van der Waals surface area contributed by atoms with Gasteiger partial charge in [-0.25, -0.2) is 0 Å². The lowest BCUT2D eigenvalue weighted by Gasteiger charge is -2.33. The van der Waals surface area contributed by atoms with Gasteiger partial charge in [-0.05, 0) is 25.1 Å². The lowest BCUT2D eigenvalue weighted by Crippen LogP contribution is -2.41. The lowest BCUT2D eigenvalue weighted by atomic mass is 10.2. The van der Waals surface area contributed by atoms with Crippen LogP contribution in [0.2, 0.25) is 5.02 Å². The third-order valence-corrected chi connectivity index (χ3v) is 3.04. The van der Waals surface area contributed by atoms with E-state index in [1.54, 1.807) is 6.07 Å². The summed E-state index contributed by atoms with van der Waals surface area (Å²) in [5.74, 6) is 0. The first-order valence-electron chi connectivity index (χ1n) is 5.32. The van der Waals surface area contributed by atoms with Gasteiger partial charge >= 0.3 is 0 Å². The highest BCUT2D eigenvalue weighted by Gasteiger charge is 2.17. The molecule has 0 aliphatic carbocycles. The third kappa shape index (κ3) is 2.36. The molecule has 1 fully saturated rings. The first-order chi connectivity index (χ1) is 7.70. The van der Waals surface area contributed by atoms with Crippen LogP contribution in [0.3, 0.4) is 0 Å². The number of hydrogen-bond donors (Lipinski definition) is 0. The average molecular weight is 240 g/mol. The van der Waals surface area contributed by atoms with Crippen LogP contribution in [0.1, 0.15) is 17.3 Å². The average Bonchev–Trinajstić information content (AvgIpc) is 2.29. The van der Waals surface area contributed by atoms with Crippen LogP contribution in [0.4, 0.5) is 5.69 Å². The molecule has 1 aromatic rings. The van der Waals surface area contributed by atoms with Crippen molar-refractivity contribution in [2.24, 2.45) is 0 Å². The van der Waals surface area contributed by atoms with Gasteiger partial charge in [-0.15, -0.1) is 0 Å². The van der Waals surface area contributed by atoms with Crippen LogP contribution >= 0.6 is 11.6 Å². The molecule has 1 aliphatic rings. The molecule has 0 aromatic heterocycles. The van der Waals surface area contributed by atoms with Gasteiger partial charge in [0.05, 0.1) is 17.7 Å². The molecule has 1 atom stereocenters.